The fraction of sp³-hybridized carbons (Fsp3) is 0.476. The molecule has 0 spiro atoms. The van der Waals surface area contributed by atoms with Crippen molar-refractivity contribution in [3.05, 3.63) is 51.9 Å². The van der Waals surface area contributed by atoms with E-state index in [2.05, 4.69) is 22.6 Å². The molecule has 3 amide bonds. The molecule has 2 heterocycles. The van der Waals surface area contributed by atoms with Gasteiger partial charge in [0, 0.05) is 12.0 Å². The number of benzene rings is 1. The smallest absolute Gasteiger partial charge is 0.325 e. The average Bonchev–Trinajstić information content (AvgIpc) is 3.36. The third-order valence-electron chi connectivity index (χ3n) is 6.29. The highest BCUT2D eigenvalue weighted by molar-refractivity contribution is 6.07. The molecule has 1 fully saturated rings. The van der Waals surface area contributed by atoms with Gasteiger partial charge in [0.1, 0.15) is 17.0 Å². The molecule has 3 aliphatic rings. The van der Waals surface area contributed by atoms with Crippen molar-refractivity contribution in [2.75, 3.05) is 0 Å². The Kier molecular flexibility index (Phi) is 3.64. The number of imide groups is 1. The van der Waals surface area contributed by atoms with E-state index in [9.17, 15) is 9.59 Å². The fourth-order valence-corrected chi connectivity index (χ4v) is 4.64. The molecule has 140 valence electrons. The van der Waals surface area contributed by atoms with Crippen LogP contribution in [0.1, 0.15) is 59.9 Å². The molecule has 1 unspecified atom stereocenters. The number of carbonyl (C=O) groups is 2. The molecule has 1 aromatic carbocycles. The second kappa shape index (κ2) is 5.94. The largest absolute Gasteiger partial charge is 0.361 e. The third-order valence-corrected chi connectivity index (χ3v) is 6.29. The van der Waals surface area contributed by atoms with E-state index >= 15 is 0 Å². The summed E-state index contributed by atoms with van der Waals surface area (Å²) in [5.41, 5.74) is 4.26. The van der Waals surface area contributed by atoms with Gasteiger partial charge in [-0.2, -0.15) is 0 Å². The minimum absolute atomic E-state index is 0.171. The van der Waals surface area contributed by atoms with Crippen LogP contribution >= 0.6 is 0 Å². The van der Waals surface area contributed by atoms with E-state index in [4.69, 9.17) is 4.52 Å². The van der Waals surface area contributed by atoms with E-state index in [1.54, 1.807) is 6.92 Å². The zero-order valence-corrected chi connectivity index (χ0v) is 15.5. The highest BCUT2D eigenvalue weighted by atomic mass is 16.5. The molecule has 1 aromatic heterocycles. The van der Waals surface area contributed by atoms with Gasteiger partial charge in [-0.3, -0.25) is 9.69 Å². The Labute approximate surface area is 157 Å². The van der Waals surface area contributed by atoms with Crippen molar-refractivity contribution in [1.82, 2.24) is 15.4 Å². The Hall–Kier alpha value is -2.63. The van der Waals surface area contributed by atoms with Crippen molar-refractivity contribution >= 4 is 11.9 Å². The lowest BCUT2D eigenvalue weighted by atomic mass is 9.89. The number of carbonyl (C=O) groups excluding carboxylic acids is 2. The van der Waals surface area contributed by atoms with Crippen LogP contribution in [0.5, 0.6) is 0 Å². The molecule has 2 aliphatic carbocycles. The predicted molar refractivity (Wildman–Crippen MR) is 98.0 cm³/mol. The van der Waals surface area contributed by atoms with Gasteiger partial charge in [-0.1, -0.05) is 23.4 Å². The van der Waals surface area contributed by atoms with Crippen molar-refractivity contribution in [2.45, 2.75) is 64.0 Å². The van der Waals surface area contributed by atoms with Crippen LogP contribution in [0.4, 0.5) is 4.79 Å². The molecule has 2 aromatic rings. The summed E-state index contributed by atoms with van der Waals surface area (Å²) in [5, 5.41) is 7.06. The molecule has 6 heteroatoms. The normalized spacial score (nSPS) is 24.1. The summed E-state index contributed by atoms with van der Waals surface area (Å²) in [6.45, 7) is 1.96. The van der Waals surface area contributed by atoms with Crippen LogP contribution in [0.15, 0.2) is 22.7 Å². The van der Waals surface area contributed by atoms with Gasteiger partial charge in [0.15, 0.2) is 0 Å². The maximum Gasteiger partial charge on any atom is 0.325 e. The molecule has 5 rings (SSSR count). The third kappa shape index (κ3) is 2.50. The topological polar surface area (TPSA) is 75.4 Å². The van der Waals surface area contributed by atoms with Gasteiger partial charge >= 0.3 is 6.03 Å². The SMILES string of the molecule is CC1(c2ccc3c(c2)CCC3)NC(=O)N(Cc2noc3c2CCCC3)C1=O. The van der Waals surface area contributed by atoms with E-state index < -0.39 is 5.54 Å². The van der Waals surface area contributed by atoms with Crippen molar-refractivity contribution < 1.29 is 14.1 Å². The number of amides is 3. The van der Waals surface area contributed by atoms with Crippen LogP contribution in [0.3, 0.4) is 0 Å². The summed E-state index contributed by atoms with van der Waals surface area (Å²) in [5.74, 6) is 0.683. The van der Waals surface area contributed by atoms with Crippen LogP contribution < -0.4 is 5.32 Å². The van der Waals surface area contributed by atoms with Gasteiger partial charge in [0.2, 0.25) is 0 Å². The lowest BCUT2D eigenvalue weighted by Crippen LogP contribution is -2.41. The van der Waals surface area contributed by atoms with Crippen molar-refractivity contribution in [2.24, 2.45) is 0 Å². The van der Waals surface area contributed by atoms with E-state index in [0.717, 1.165) is 61.8 Å². The van der Waals surface area contributed by atoms with E-state index in [-0.39, 0.29) is 18.5 Å². The number of hydrogen-bond donors (Lipinski definition) is 1. The number of aryl methyl sites for hydroxylation is 3. The summed E-state index contributed by atoms with van der Waals surface area (Å²) < 4.78 is 5.44. The average molecular weight is 365 g/mol. The summed E-state index contributed by atoms with van der Waals surface area (Å²) in [4.78, 5) is 27.1. The van der Waals surface area contributed by atoms with Crippen LogP contribution in [-0.4, -0.2) is 22.0 Å². The van der Waals surface area contributed by atoms with Crippen LogP contribution in [0, 0.1) is 0 Å². The van der Waals surface area contributed by atoms with Crippen molar-refractivity contribution in [1.29, 1.82) is 0 Å². The number of aromatic nitrogens is 1. The first kappa shape index (κ1) is 16.5. The van der Waals surface area contributed by atoms with Crippen LogP contribution in [-0.2, 0) is 42.6 Å². The quantitative estimate of drug-likeness (QED) is 0.849. The molecule has 1 aliphatic heterocycles. The summed E-state index contributed by atoms with van der Waals surface area (Å²) in [6.07, 6.45) is 7.26. The number of urea groups is 1. The van der Waals surface area contributed by atoms with Gasteiger partial charge in [0.25, 0.3) is 5.91 Å². The van der Waals surface area contributed by atoms with E-state index in [0.29, 0.717) is 5.69 Å². The summed E-state index contributed by atoms with van der Waals surface area (Å²) in [7, 11) is 0. The lowest BCUT2D eigenvalue weighted by Gasteiger charge is -2.23. The zero-order chi connectivity index (χ0) is 18.6. The summed E-state index contributed by atoms with van der Waals surface area (Å²) in [6, 6.07) is 5.79. The number of nitrogens with zero attached hydrogens (tertiary/aromatic N) is 2. The minimum Gasteiger partial charge on any atom is -0.361 e. The summed E-state index contributed by atoms with van der Waals surface area (Å²) >= 11 is 0. The molecule has 1 atom stereocenters. The first-order chi connectivity index (χ1) is 13.1. The zero-order valence-electron chi connectivity index (χ0n) is 15.5. The van der Waals surface area contributed by atoms with Gasteiger partial charge < -0.3 is 9.84 Å². The van der Waals surface area contributed by atoms with E-state index in [1.807, 2.05) is 6.07 Å². The van der Waals surface area contributed by atoms with Gasteiger partial charge in [0.05, 0.1) is 6.54 Å². The highest BCUT2D eigenvalue weighted by Gasteiger charge is 2.49. The maximum absolute atomic E-state index is 13.2. The molecule has 0 saturated carbocycles. The second-order valence-corrected chi connectivity index (χ2v) is 8.02. The number of hydrogen-bond acceptors (Lipinski definition) is 4. The monoisotopic (exact) mass is 365 g/mol. The number of nitrogens with one attached hydrogen (secondary N) is 1. The fourth-order valence-electron chi connectivity index (χ4n) is 4.64. The Balaban J connectivity index is 1.44. The van der Waals surface area contributed by atoms with Crippen LogP contribution in [0.2, 0.25) is 0 Å². The van der Waals surface area contributed by atoms with Crippen LogP contribution in [0.25, 0.3) is 0 Å². The standard InChI is InChI=1S/C21H23N3O3/c1-21(15-10-9-13-5-4-6-14(13)11-15)19(25)24(20(26)22-21)12-17-16-7-2-3-8-18(16)27-23-17/h9-11H,2-8,12H2,1H3,(H,22,26). The van der Waals surface area contributed by atoms with Crippen molar-refractivity contribution in [3.8, 4) is 0 Å². The van der Waals surface area contributed by atoms with Gasteiger partial charge in [-0.25, -0.2) is 4.79 Å². The number of fused-ring (bicyclic) bond motifs is 2. The molecule has 0 radical (unpaired) electrons. The van der Waals surface area contributed by atoms with Crippen molar-refractivity contribution in [3.63, 3.8) is 0 Å². The van der Waals surface area contributed by atoms with Gasteiger partial charge in [-0.15, -0.1) is 0 Å². The lowest BCUT2D eigenvalue weighted by molar-refractivity contribution is -0.131. The minimum atomic E-state index is -1.03. The predicted octanol–water partition coefficient (Wildman–Crippen LogP) is 3.01. The second-order valence-electron chi connectivity index (χ2n) is 8.02. The first-order valence-corrected chi connectivity index (χ1v) is 9.79. The molecular formula is C21H23N3O3. The Morgan fingerprint density at radius 1 is 1.11 bits per heavy atom. The van der Waals surface area contributed by atoms with Gasteiger partial charge in [-0.05, 0) is 62.1 Å². The maximum atomic E-state index is 13.2. The molecule has 1 N–H and O–H groups in total. The molecule has 1 saturated heterocycles. The Bertz CT molecular complexity index is 948. The first-order valence-electron chi connectivity index (χ1n) is 9.79. The molecular weight excluding hydrogens is 342 g/mol. The Morgan fingerprint density at radius 2 is 1.93 bits per heavy atom. The Morgan fingerprint density at radius 3 is 2.81 bits per heavy atom. The molecule has 0 bridgehead atoms. The number of rotatable bonds is 3. The highest BCUT2D eigenvalue weighted by Crippen LogP contribution is 2.34. The molecule has 6 nitrogen and oxygen atoms in total. The molecule has 27 heavy (non-hydrogen) atoms. The van der Waals surface area contributed by atoms with E-state index in [1.165, 1.54) is 16.0 Å².